The number of fused-ring (bicyclic) bond motifs is 1. The van der Waals surface area contributed by atoms with Crippen molar-refractivity contribution in [3.8, 4) is 5.75 Å². The molecule has 6 nitrogen and oxygen atoms in total. The molecule has 0 spiro atoms. The number of anilines is 2. The number of nitrogens with zero attached hydrogens (tertiary/aromatic N) is 1. The van der Waals surface area contributed by atoms with Gasteiger partial charge in [0.05, 0.1) is 12.0 Å². The van der Waals surface area contributed by atoms with Crippen molar-refractivity contribution in [3.63, 3.8) is 0 Å². The Balaban J connectivity index is 1.52. The summed E-state index contributed by atoms with van der Waals surface area (Å²) in [6.07, 6.45) is 0.820. The number of carbonyl (C=O) groups excluding carboxylic acids is 1. The molecule has 1 heterocycles. The van der Waals surface area contributed by atoms with Crippen molar-refractivity contribution in [1.82, 2.24) is 0 Å². The van der Waals surface area contributed by atoms with Crippen molar-refractivity contribution >= 4 is 27.3 Å². The van der Waals surface area contributed by atoms with Gasteiger partial charge in [-0.2, -0.15) is 0 Å². The molecule has 0 bridgehead atoms. The summed E-state index contributed by atoms with van der Waals surface area (Å²) in [6, 6.07) is 20.4. The molecule has 1 aliphatic rings. The van der Waals surface area contributed by atoms with Crippen LogP contribution in [0.4, 0.5) is 11.4 Å². The quantitative estimate of drug-likeness (QED) is 0.699. The highest BCUT2D eigenvalue weighted by atomic mass is 32.2. The molecular weight excluding hydrogens is 388 g/mol. The Morgan fingerprint density at radius 1 is 0.966 bits per heavy atom. The van der Waals surface area contributed by atoms with Crippen molar-refractivity contribution in [2.75, 3.05) is 23.3 Å². The molecule has 0 atom stereocenters. The van der Waals surface area contributed by atoms with Gasteiger partial charge in [0, 0.05) is 23.5 Å². The number of sulfonamides is 1. The molecule has 3 aromatic rings. The fourth-order valence-electron chi connectivity index (χ4n) is 3.35. The summed E-state index contributed by atoms with van der Waals surface area (Å²) >= 11 is 0. The van der Waals surface area contributed by atoms with Crippen molar-refractivity contribution < 1.29 is 17.9 Å². The van der Waals surface area contributed by atoms with Crippen LogP contribution in [0.15, 0.2) is 77.7 Å². The molecule has 3 aromatic carbocycles. The smallest absolute Gasteiger partial charge is 0.261 e. The van der Waals surface area contributed by atoms with E-state index < -0.39 is 10.0 Å². The molecule has 0 saturated heterocycles. The molecule has 7 heteroatoms. The highest BCUT2D eigenvalue weighted by Crippen LogP contribution is 2.29. The van der Waals surface area contributed by atoms with Crippen LogP contribution in [-0.2, 0) is 16.4 Å². The van der Waals surface area contributed by atoms with Gasteiger partial charge in [-0.1, -0.05) is 18.2 Å². The summed E-state index contributed by atoms with van der Waals surface area (Å²) < 4.78 is 32.8. The number of hydrogen-bond acceptors (Lipinski definition) is 4. The van der Waals surface area contributed by atoms with Gasteiger partial charge in [0.1, 0.15) is 5.75 Å². The molecular formula is C22H20N2O4S. The van der Waals surface area contributed by atoms with Crippen molar-refractivity contribution in [2.24, 2.45) is 0 Å². The molecule has 0 saturated carbocycles. The van der Waals surface area contributed by atoms with Crippen LogP contribution in [0, 0.1) is 0 Å². The van der Waals surface area contributed by atoms with Gasteiger partial charge in [-0.15, -0.1) is 0 Å². The molecule has 0 aromatic heterocycles. The maximum atomic E-state index is 12.9. The van der Waals surface area contributed by atoms with E-state index in [9.17, 15) is 13.2 Å². The van der Waals surface area contributed by atoms with Gasteiger partial charge in [0.2, 0.25) is 0 Å². The average molecular weight is 408 g/mol. The first-order valence-corrected chi connectivity index (χ1v) is 10.6. The Labute approximate surface area is 169 Å². The van der Waals surface area contributed by atoms with E-state index in [2.05, 4.69) is 4.72 Å². The highest BCUT2D eigenvalue weighted by molar-refractivity contribution is 7.92. The lowest BCUT2D eigenvalue weighted by Crippen LogP contribution is -2.28. The number of ether oxygens (including phenoxy) is 1. The minimum Gasteiger partial charge on any atom is -0.497 e. The van der Waals surface area contributed by atoms with Gasteiger partial charge in [0.15, 0.2) is 0 Å². The second-order valence-electron chi connectivity index (χ2n) is 6.69. The predicted octanol–water partition coefficient (Wildman–Crippen LogP) is 3.70. The lowest BCUT2D eigenvalue weighted by Gasteiger charge is -2.17. The molecule has 29 heavy (non-hydrogen) atoms. The topological polar surface area (TPSA) is 75.7 Å². The third-order valence-corrected chi connectivity index (χ3v) is 6.28. The summed E-state index contributed by atoms with van der Waals surface area (Å²) in [4.78, 5) is 14.7. The zero-order chi connectivity index (χ0) is 20.4. The van der Waals surface area contributed by atoms with Crippen LogP contribution < -0.4 is 14.4 Å². The number of carbonyl (C=O) groups is 1. The molecule has 0 unspecified atom stereocenters. The molecule has 0 aliphatic carbocycles. The van der Waals surface area contributed by atoms with Gasteiger partial charge in [-0.3, -0.25) is 9.52 Å². The van der Waals surface area contributed by atoms with E-state index in [1.54, 1.807) is 48.4 Å². The summed E-state index contributed by atoms with van der Waals surface area (Å²) in [6.45, 7) is 0.622. The van der Waals surface area contributed by atoms with E-state index in [-0.39, 0.29) is 10.8 Å². The molecule has 4 rings (SSSR count). The summed E-state index contributed by atoms with van der Waals surface area (Å²) in [5, 5.41) is 0. The van der Waals surface area contributed by atoms with Crippen LogP contribution in [0.1, 0.15) is 15.9 Å². The maximum absolute atomic E-state index is 12.9. The first-order valence-electron chi connectivity index (χ1n) is 9.15. The lowest BCUT2D eigenvalue weighted by atomic mass is 10.1. The second-order valence-corrected chi connectivity index (χ2v) is 8.38. The first-order chi connectivity index (χ1) is 14.0. The van der Waals surface area contributed by atoms with Crippen LogP contribution >= 0.6 is 0 Å². The lowest BCUT2D eigenvalue weighted by molar-refractivity contribution is 0.0989. The van der Waals surface area contributed by atoms with E-state index in [0.29, 0.717) is 23.5 Å². The van der Waals surface area contributed by atoms with Crippen LogP contribution in [-0.4, -0.2) is 28.0 Å². The van der Waals surface area contributed by atoms with E-state index in [4.69, 9.17) is 4.74 Å². The zero-order valence-corrected chi connectivity index (χ0v) is 16.6. The summed E-state index contributed by atoms with van der Waals surface area (Å²) in [7, 11) is -2.21. The standard InChI is InChI=1S/C22H20N2O4S/c1-28-19-10-8-18(9-11-19)23-29(26,27)20-12-6-17(7-13-20)22(25)24-15-14-16-4-2-3-5-21(16)24/h2-13,23H,14-15H2,1H3. The minimum atomic E-state index is -3.76. The van der Waals surface area contributed by atoms with Crippen LogP contribution in [0.5, 0.6) is 5.75 Å². The number of benzene rings is 3. The Morgan fingerprint density at radius 2 is 1.66 bits per heavy atom. The van der Waals surface area contributed by atoms with Crippen molar-refractivity contribution in [3.05, 3.63) is 83.9 Å². The SMILES string of the molecule is COc1ccc(NS(=O)(=O)c2ccc(C(=O)N3CCc4ccccc43)cc2)cc1. The van der Waals surface area contributed by atoms with E-state index in [1.165, 1.54) is 12.1 Å². The first kappa shape index (κ1) is 19.0. The normalized spacial score (nSPS) is 13.1. The third kappa shape index (κ3) is 3.82. The van der Waals surface area contributed by atoms with Gasteiger partial charge >= 0.3 is 0 Å². The largest absolute Gasteiger partial charge is 0.497 e. The van der Waals surface area contributed by atoms with Crippen molar-refractivity contribution in [1.29, 1.82) is 0 Å². The van der Waals surface area contributed by atoms with Gasteiger partial charge in [0.25, 0.3) is 15.9 Å². The number of nitrogens with one attached hydrogen (secondary N) is 1. The van der Waals surface area contributed by atoms with Gasteiger partial charge in [-0.25, -0.2) is 8.42 Å². The second kappa shape index (κ2) is 7.60. The Morgan fingerprint density at radius 3 is 2.34 bits per heavy atom. The zero-order valence-electron chi connectivity index (χ0n) is 15.8. The van der Waals surface area contributed by atoms with Gasteiger partial charge in [-0.05, 0) is 66.6 Å². The Kier molecular flexibility index (Phi) is 4.98. The summed E-state index contributed by atoms with van der Waals surface area (Å²) in [5.41, 5.74) is 2.93. The predicted molar refractivity (Wildman–Crippen MR) is 112 cm³/mol. The van der Waals surface area contributed by atoms with E-state index >= 15 is 0 Å². The van der Waals surface area contributed by atoms with Crippen LogP contribution in [0.25, 0.3) is 0 Å². The number of hydrogen-bond donors (Lipinski definition) is 1. The Bertz CT molecular complexity index is 1140. The molecule has 1 amide bonds. The maximum Gasteiger partial charge on any atom is 0.261 e. The number of methoxy groups -OCH3 is 1. The van der Waals surface area contributed by atoms with Crippen molar-refractivity contribution in [2.45, 2.75) is 11.3 Å². The summed E-state index contributed by atoms with van der Waals surface area (Å²) in [5.74, 6) is 0.501. The van der Waals surface area contributed by atoms with E-state index in [1.807, 2.05) is 24.3 Å². The van der Waals surface area contributed by atoms with Crippen LogP contribution in [0.2, 0.25) is 0 Å². The number of para-hydroxylation sites is 1. The fraction of sp³-hybridized carbons (Fsp3) is 0.136. The van der Waals surface area contributed by atoms with Crippen LogP contribution in [0.3, 0.4) is 0 Å². The Hall–Kier alpha value is -3.32. The number of rotatable bonds is 5. The molecule has 0 fully saturated rings. The molecule has 148 valence electrons. The average Bonchev–Trinajstić information content (AvgIpc) is 3.18. The monoisotopic (exact) mass is 408 g/mol. The minimum absolute atomic E-state index is 0.0895. The highest BCUT2D eigenvalue weighted by Gasteiger charge is 2.25. The number of amides is 1. The molecule has 0 radical (unpaired) electrons. The fourth-order valence-corrected chi connectivity index (χ4v) is 4.41. The molecule has 1 aliphatic heterocycles. The third-order valence-electron chi connectivity index (χ3n) is 4.89. The molecule has 1 N–H and O–H groups in total. The van der Waals surface area contributed by atoms with E-state index in [0.717, 1.165) is 17.7 Å². The van der Waals surface area contributed by atoms with Gasteiger partial charge < -0.3 is 9.64 Å².